The van der Waals surface area contributed by atoms with Gasteiger partial charge in [-0.3, -0.25) is 0 Å². The van der Waals surface area contributed by atoms with Crippen LogP contribution in [0.15, 0.2) is 0 Å². The molecule has 0 unspecified atom stereocenters. The van der Waals surface area contributed by atoms with Gasteiger partial charge in [0.25, 0.3) is 0 Å². The van der Waals surface area contributed by atoms with Crippen molar-refractivity contribution >= 4 is 16.5 Å². The van der Waals surface area contributed by atoms with Gasteiger partial charge in [-0.15, -0.1) is 11.3 Å². The minimum Gasteiger partial charge on any atom is -0.350 e. The number of likely N-dealkylation sites (N-methyl/N-ethyl adjacent to an activating group) is 2. The molecule has 0 spiro atoms. The molecule has 0 bridgehead atoms. The van der Waals surface area contributed by atoms with E-state index in [1.165, 1.54) is 10.6 Å². The van der Waals surface area contributed by atoms with Crippen LogP contribution in [-0.4, -0.2) is 49.7 Å². The zero-order valence-corrected chi connectivity index (χ0v) is 14.9. The lowest BCUT2D eigenvalue weighted by Crippen LogP contribution is -2.35. The minimum absolute atomic E-state index is 0.145. The first-order valence-corrected chi connectivity index (χ1v) is 8.14. The lowest BCUT2D eigenvalue weighted by atomic mass is 10.1. The first-order valence-electron chi connectivity index (χ1n) is 7.32. The van der Waals surface area contributed by atoms with Crippen molar-refractivity contribution in [1.82, 2.24) is 15.2 Å². The maximum atomic E-state index is 4.79. The Morgan fingerprint density at radius 1 is 1.15 bits per heavy atom. The molecular weight excluding hydrogens is 268 g/mol. The van der Waals surface area contributed by atoms with E-state index < -0.39 is 0 Å². The third-order valence-electron chi connectivity index (χ3n) is 3.09. The zero-order valence-electron chi connectivity index (χ0n) is 14.1. The predicted octanol–water partition coefficient (Wildman–Crippen LogP) is 2.59. The highest BCUT2D eigenvalue weighted by Gasteiger charge is 2.15. The molecule has 1 heterocycles. The molecule has 0 fully saturated rings. The van der Waals surface area contributed by atoms with E-state index in [1.54, 1.807) is 0 Å². The summed E-state index contributed by atoms with van der Waals surface area (Å²) >= 11 is 1.82. The number of aromatic nitrogens is 1. The van der Waals surface area contributed by atoms with Crippen LogP contribution in [0.1, 0.15) is 38.3 Å². The highest BCUT2D eigenvalue weighted by molar-refractivity contribution is 7.15. The molecule has 0 amide bonds. The highest BCUT2D eigenvalue weighted by Crippen LogP contribution is 2.26. The first-order chi connectivity index (χ1) is 9.23. The van der Waals surface area contributed by atoms with E-state index >= 15 is 0 Å². The Morgan fingerprint density at radius 3 is 2.30 bits per heavy atom. The molecular formula is C15H30N4S. The van der Waals surface area contributed by atoms with Gasteiger partial charge in [0.2, 0.25) is 0 Å². The fourth-order valence-corrected chi connectivity index (χ4v) is 2.81. The quantitative estimate of drug-likeness (QED) is 0.838. The average Bonchev–Trinajstić information content (AvgIpc) is 2.75. The van der Waals surface area contributed by atoms with Gasteiger partial charge in [-0.1, -0.05) is 6.92 Å². The van der Waals surface area contributed by atoms with Crippen LogP contribution in [-0.2, 0) is 13.0 Å². The molecule has 0 atom stereocenters. The molecule has 1 aromatic heterocycles. The number of aryl methyl sites for hydroxylation is 1. The molecule has 0 aliphatic heterocycles. The van der Waals surface area contributed by atoms with Gasteiger partial charge in [-0.25, -0.2) is 4.98 Å². The molecule has 20 heavy (non-hydrogen) atoms. The van der Waals surface area contributed by atoms with Gasteiger partial charge in [0.1, 0.15) is 0 Å². The van der Waals surface area contributed by atoms with E-state index in [-0.39, 0.29) is 5.54 Å². The van der Waals surface area contributed by atoms with Gasteiger partial charge in [0.15, 0.2) is 5.13 Å². The molecule has 4 nitrogen and oxygen atoms in total. The maximum Gasteiger partial charge on any atom is 0.185 e. The molecule has 1 N–H and O–H groups in total. The average molecular weight is 299 g/mol. The van der Waals surface area contributed by atoms with Crippen molar-refractivity contribution in [1.29, 1.82) is 0 Å². The van der Waals surface area contributed by atoms with Gasteiger partial charge in [-0.05, 0) is 41.3 Å². The van der Waals surface area contributed by atoms with E-state index in [4.69, 9.17) is 4.98 Å². The fourth-order valence-electron chi connectivity index (χ4n) is 1.74. The summed E-state index contributed by atoms with van der Waals surface area (Å²) in [7, 11) is 6.33. The Kier molecular flexibility index (Phi) is 6.43. The molecule has 0 aliphatic rings. The first kappa shape index (κ1) is 17.4. The maximum absolute atomic E-state index is 4.79. The summed E-state index contributed by atoms with van der Waals surface area (Å²) in [5, 5.41) is 4.69. The van der Waals surface area contributed by atoms with Crippen molar-refractivity contribution < 1.29 is 0 Å². The molecule has 1 rings (SSSR count). The number of anilines is 1. The minimum atomic E-state index is 0.145. The van der Waals surface area contributed by atoms with E-state index in [0.29, 0.717) is 0 Å². The van der Waals surface area contributed by atoms with Crippen LogP contribution in [0, 0.1) is 0 Å². The Morgan fingerprint density at radius 2 is 1.80 bits per heavy atom. The van der Waals surface area contributed by atoms with Crippen LogP contribution in [0.5, 0.6) is 0 Å². The van der Waals surface area contributed by atoms with Crippen molar-refractivity contribution in [2.75, 3.05) is 39.1 Å². The summed E-state index contributed by atoms with van der Waals surface area (Å²) < 4.78 is 0. The van der Waals surface area contributed by atoms with Gasteiger partial charge >= 0.3 is 0 Å². The van der Waals surface area contributed by atoms with Crippen LogP contribution in [0.3, 0.4) is 0 Å². The second-order valence-electron chi connectivity index (χ2n) is 6.55. The molecule has 0 saturated carbocycles. The number of nitrogens with one attached hydrogen (secondary N) is 1. The van der Waals surface area contributed by atoms with Gasteiger partial charge in [-0.2, -0.15) is 0 Å². The van der Waals surface area contributed by atoms with Gasteiger partial charge in [0.05, 0.1) is 5.69 Å². The lowest BCUT2D eigenvalue weighted by molar-refractivity contribution is 0.416. The van der Waals surface area contributed by atoms with Gasteiger partial charge in [0, 0.05) is 37.1 Å². The summed E-state index contributed by atoms with van der Waals surface area (Å²) in [5.41, 5.74) is 1.38. The Hall–Kier alpha value is -0.650. The number of hydrogen-bond acceptors (Lipinski definition) is 5. The second-order valence-corrected chi connectivity index (χ2v) is 7.61. The number of nitrogens with zero attached hydrogens (tertiary/aromatic N) is 3. The van der Waals surface area contributed by atoms with Crippen molar-refractivity contribution in [2.45, 2.75) is 46.2 Å². The van der Waals surface area contributed by atoms with Gasteiger partial charge < -0.3 is 15.1 Å². The third kappa shape index (κ3) is 5.77. The largest absolute Gasteiger partial charge is 0.350 e. The van der Waals surface area contributed by atoms with Crippen LogP contribution < -0.4 is 10.2 Å². The van der Waals surface area contributed by atoms with E-state index in [1.807, 2.05) is 11.3 Å². The predicted molar refractivity (Wildman–Crippen MR) is 89.9 cm³/mol. The molecule has 1 aromatic rings. The SMILES string of the molecule is CCc1nc(N(C)CCN(C)C)sc1CNC(C)(C)C. The Labute approximate surface area is 128 Å². The molecule has 0 saturated heterocycles. The summed E-state index contributed by atoms with van der Waals surface area (Å²) in [6, 6.07) is 0. The zero-order chi connectivity index (χ0) is 15.3. The van der Waals surface area contributed by atoms with Crippen molar-refractivity contribution in [2.24, 2.45) is 0 Å². The topological polar surface area (TPSA) is 31.4 Å². The third-order valence-corrected chi connectivity index (χ3v) is 4.30. The normalized spacial score (nSPS) is 12.2. The summed E-state index contributed by atoms with van der Waals surface area (Å²) in [4.78, 5) is 10.6. The van der Waals surface area contributed by atoms with Crippen molar-refractivity contribution in [3.8, 4) is 0 Å². The van der Waals surface area contributed by atoms with Crippen LogP contribution >= 0.6 is 11.3 Å². The molecule has 0 radical (unpaired) electrons. The van der Waals surface area contributed by atoms with Crippen molar-refractivity contribution in [3.63, 3.8) is 0 Å². The van der Waals surface area contributed by atoms with Crippen LogP contribution in [0.4, 0.5) is 5.13 Å². The van der Waals surface area contributed by atoms with E-state index in [0.717, 1.165) is 31.2 Å². The van der Waals surface area contributed by atoms with Crippen LogP contribution in [0.25, 0.3) is 0 Å². The summed E-state index contributed by atoms with van der Waals surface area (Å²) in [5.74, 6) is 0. The smallest absolute Gasteiger partial charge is 0.185 e. The second kappa shape index (κ2) is 7.38. The molecule has 0 aromatic carbocycles. The van der Waals surface area contributed by atoms with Crippen LogP contribution in [0.2, 0.25) is 0 Å². The Bertz CT molecular complexity index is 406. The summed E-state index contributed by atoms with van der Waals surface area (Å²) in [6.07, 6.45) is 0.999. The monoisotopic (exact) mass is 298 g/mol. The van der Waals surface area contributed by atoms with E-state index in [2.05, 4.69) is 64.0 Å². The van der Waals surface area contributed by atoms with Crippen molar-refractivity contribution in [3.05, 3.63) is 10.6 Å². The number of thiazole rings is 1. The highest BCUT2D eigenvalue weighted by atomic mass is 32.1. The lowest BCUT2D eigenvalue weighted by Gasteiger charge is -2.20. The Balaban J connectivity index is 2.72. The number of rotatable bonds is 7. The summed E-state index contributed by atoms with van der Waals surface area (Å²) in [6.45, 7) is 11.7. The number of hydrogen-bond donors (Lipinski definition) is 1. The molecule has 0 aliphatic carbocycles. The molecule has 5 heteroatoms. The fraction of sp³-hybridized carbons (Fsp3) is 0.800. The van der Waals surface area contributed by atoms with E-state index in [9.17, 15) is 0 Å². The standard InChI is InChI=1S/C15H30N4S/c1-8-12-13(11-16-15(2,3)4)20-14(17-12)19(7)10-9-18(5)6/h16H,8-11H2,1-7H3. The molecule has 116 valence electrons.